The lowest BCUT2D eigenvalue weighted by Gasteiger charge is -2.21. The molecule has 2 aromatic rings. The summed E-state index contributed by atoms with van der Waals surface area (Å²) in [5.41, 5.74) is 3.14. The second kappa shape index (κ2) is 10.3. The molecule has 0 aromatic heterocycles. The van der Waals surface area contributed by atoms with Crippen LogP contribution < -0.4 is 14.8 Å². The van der Waals surface area contributed by atoms with E-state index in [9.17, 15) is 9.59 Å². The maximum Gasteiger partial charge on any atom is 0.222 e. The summed E-state index contributed by atoms with van der Waals surface area (Å²) in [6, 6.07) is 13.6. The average molecular weight is 384 g/mol. The van der Waals surface area contributed by atoms with Crippen LogP contribution >= 0.6 is 0 Å². The topological polar surface area (TPSA) is 67.9 Å². The van der Waals surface area contributed by atoms with Crippen molar-refractivity contribution in [3.63, 3.8) is 0 Å². The lowest BCUT2D eigenvalue weighted by Crippen LogP contribution is -2.33. The second-order valence-corrected chi connectivity index (χ2v) is 6.64. The smallest absolute Gasteiger partial charge is 0.222 e. The summed E-state index contributed by atoms with van der Waals surface area (Å²) in [5, 5.41) is 2.90. The zero-order valence-electron chi connectivity index (χ0n) is 17.0. The standard InChI is InChI=1S/C22H28N2O4/c1-16-5-7-18(8-6-16)14-23-22(26)11-12-24(17(2)25)15-19-9-10-20(27-3)21(13-19)28-4/h5-10,13H,11-12,14-15H2,1-4H3,(H,23,26). The molecule has 2 rings (SSSR count). The first-order valence-corrected chi connectivity index (χ1v) is 9.21. The van der Waals surface area contributed by atoms with Crippen LogP contribution in [0.5, 0.6) is 11.5 Å². The summed E-state index contributed by atoms with van der Waals surface area (Å²) < 4.78 is 10.5. The first kappa shape index (κ1) is 21.3. The molecule has 0 aliphatic rings. The van der Waals surface area contributed by atoms with Gasteiger partial charge < -0.3 is 19.7 Å². The third kappa shape index (κ3) is 6.30. The van der Waals surface area contributed by atoms with Crippen LogP contribution in [0.3, 0.4) is 0 Å². The molecule has 2 aromatic carbocycles. The van der Waals surface area contributed by atoms with E-state index in [1.54, 1.807) is 25.2 Å². The molecule has 0 atom stereocenters. The number of hydrogen-bond acceptors (Lipinski definition) is 4. The molecule has 0 unspecified atom stereocenters. The van der Waals surface area contributed by atoms with Crippen LogP contribution in [0.25, 0.3) is 0 Å². The lowest BCUT2D eigenvalue weighted by molar-refractivity contribution is -0.130. The van der Waals surface area contributed by atoms with Crippen molar-refractivity contribution in [1.29, 1.82) is 0 Å². The van der Waals surface area contributed by atoms with E-state index in [0.29, 0.717) is 31.1 Å². The molecular weight excluding hydrogens is 356 g/mol. The van der Waals surface area contributed by atoms with Gasteiger partial charge in [0.2, 0.25) is 11.8 Å². The number of carbonyl (C=O) groups excluding carboxylic acids is 2. The van der Waals surface area contributed by atoms with E-state index in [0.717, 1.165) is 11.1 Å². The fraction of sp³-hybridized carbons (Fsp3) is 0.364. The normalized spacial score (nSPS) is 10.3. The Balaban J connectivity index is 1.89. The van der Waals surface area contributed by atoms with Gasteiger partial charge in [-0.2, -0.15) is 0 Å². The van der Waals surface area contributed by atoms with Crippen LogP contribution in [-0.4, -0.2) is 37.5 Å². The van der Waals surface area contributed by atoms with Crippen molar-refractivity contribution in [2.24, 2.45) is 0 Å². The van der Waals surface area contributed by atoms with Gasteiger partial charge in [0.25, 0.3) is 0 Å². The Labute approximate surface area is 166 Å². The van der Waals surface area contributed by atoms with Crippen molar-refractivity contribution < 1.29 is 19.1 Å². The van der Waals surface area contributed by atoms with Gasteiger partial charge in [0.1, 0.15) is 0 Å². The minimum atomic E-state index is -0.0841. The number of ether oxygens (including phenoxy) is 2. The van der Waals surface area contributed by atoms with Crippen molar-refractivity contribution >= 4 is 11.8 Å². The monoisotopic (exact) mass is 384 g/mol. The minimum absolute atomic E-state index is 0.0823. The Morgan fingerprint density at radius 2 is 1.61 bits per heavy atom. The summed E-state index contributed by atoms with van der Waals surface area (Å²) in [7, 11) is 3.15. The van der Waals surface area contributed by atoms with Crippen molar-refractivity contribution in [2.75, 3.05) is 20.8 Å². The third-order valence-electron chi connectivity index (χ3n) is 4.49. The zero-order chi connectivity index (χ0) is 20.5. The van der Waals surface area contributed by atoms with Gasteiger partial charge in [-0.3, -0.25) is 9.59 Å². The Morgan fingerprint density at radius 3 is 2.21 bits per heavy atom. The first-order chi connectivity index (χ1) is 13.4. The third-order valence-corrected chi connectivity index (χ3v) is 4.49. The molecule has 0 saturated carbocycles. The van der Waals surface area contributed by atoms with Crippen molar-refractivity contribution in [2.45, 2.75) is 33.4 Å². The Kier molecular flexibility index (Phi) is 7.87. The van der Waals surface area contributed by atoms with Crippen LogP contribution in [0.4, 0.5) is 0 Å². The van der Waals surface area contributed by atoms with E-state index in [1.807, 2.05) is 43.3 Å². The summed E-state index contributed by atoms with van der Waals surface area (Å²) >= 11 is 0. The molecule has 1 N–H and O–H groups in total. The number of hydrogen-bond donors (Lipinski definition) is 1. The number of carbonyl (C=O) groups is 2. The number of nitrogens with one attached hydrogen (secondary N) is 1. The van der Waals surface area contributed by atoms with Gasteiger partial charge in [-0.1, -0.05) is 35.9 Å². The highest BCUT2D eigenvalue weighted by Gasteiger charge is 2.13. The van der Waals surface area contributed by atoms with E-state index in [-0.39, 0.29) is 18.2 Å². The van der Waals surface area contributed by atoms with E-state index in [2.05, 4.69) is 5.32 Å². The van der Waals surface area contributed by atoms with Gasteiger partial charge in [-0.15, -0.1) is 0 Å². The molecule has 0 fully saturated rings. The van der Waals surface area contributed by atoms with Gasteiger partial charge in [0.05, 0.1) is 14.2 Å². The van der Waals surface area contributed by atoms with E-state index < -0.39 is 0 Å². The summed E-state index contributed by atoms with van der Waals surface area (Å²) in [6.07, 6.45) is 0.249. The van der Waals surface area contributed by atoms with Gasteiger partial charge in [0.15, 0.2) is 11.5 Å². The largest absolute Gasteiger partial charge is 0.493 e. The number of aryl methyl sites for hydroxylation is 1. The first-order valence-electron chi connectivity index (χ1n) is 9.21. The van der Waals surface area contributed by atoms with E-state index in [1.165, 1.54) is 12.5 Å². The molecule has 6 heteroatoms. The number of methoxy groups -OCH3 is 2. The van der Waals surface area contributed by atoms with Gasteiger partial charge in [-0.05, 0) is 30.2 Å². The molecule has 6 nitrogen and oxygen atoms in total. The summed E-state index contributed by atoms with van der Waals surface area (Å²) in [5.74, 6) is 1.08. The van der Waals surface area contributed by atoms with Crippen LogP contribution in [-0.2, 0) is 22.7 Å². The Morgan fingerprint density at radius 1 is 0.964 bits per heavy atom. The molecule has 0 aliphatic heterocycles. The highest BCUT2D eigenvalue weighted by molar-refractivity contribution is 5.78. The molecule has 0 heterocycles. The average Bonchev–Trinajstić information content (AvgIpc) is 2.70. The Hall–Kier alpha value is -3.02. The van der Waals surface area contributed by atoms with Crippen LogP contribution in [0.1, 0.15) is 30.0 Å². The number of benzene rings is 2. The number of amides is 2. The zero-order valence-corrected chi connectivity index (χ0v) is 17.0. The molecule has 0 spiro atoms. The second-order valence-electron chi connectivity index (χ2n) is 6.64. The molecule has 28 heavy (non-hydrogen) atoms. The van der Waals surface area contributed by atoms with Crippen LogP contribution in [0.2, 0.25) is 0 Å². The van der Waals surface area contributed by atoms with Gasteiger partial charge >= 0.3 is 0 Å². The predicted molar refractivity (Wildman–Crippen MR) is 108 cm³/mol. The molecule has 0 radical (unpaired) electrons. The number of nitrogens with zero attached hydrogens (tertiary/aromatic N) is 1. The van der Waals surface area contributed by atoms with Crippen LogP contribution in [0, 0.1) is 6.92 Å². The SMILES string of the molecule is COc1ccc(CN(CCC(=O)NCc2ccc(C)cc2)C(C)=O)cc1OC. The lowest BCUT2D eigenvalue weighted by atomic mass is 10.1. The minimum Gasteiger partial charge on any atom is -0.493 e. The van der Waals surface area contributed by atoms with Crippen LogP contribution in [0.15, 0.2) is 42.5 Å². The highest BCUT2D eigenvalue weighted by Crippen LogP contribution is 2.28. The molecular formula is C22H28N2O4. The molecule has 2 amide bonds. The molecule has 150 valence electrons. The Bertz CT molecular complexity index is 803. The fourth-order valence-electron chi connectivity index (χ4n) is 2.78. The predicted octanol–water partition coefficient (Wildman–Crippen LogP) is 3.07. The molecule has 0 aliphatic carbocycles. The quantitative estimate of drug-likeness (QED) is 0.721. The summed E-state index contributed by atoms with van der Waals surface area (Å²) in [6.45, 7) is 4.77. The maximum atomic E-state index is 12.2. The summed E-state index contributed by atoms with van der Waals surface area (Å²) in [4.78, 5) is 25.8. The maximum absolute atomic E-state index is 12.2. The van der Waals surface area contributed by atoms with Gasteiger partial charge in [0, 0.05) is 33.0 Å². The van der Waals surface area contributed by atoms with E-state index in [4.69, 9.17) is 9.47 Å². The van der Waals surface area contributed by atoms with Gasteiger partial charge in [-0.25, -0.2) is 0 Å². The molecule has 0 saturated heterocycles. The highest BCUT2D eigenvalue weighted by atomic mass is 16.5. The van der Waals surface area contributed by atoms with Crippen molar-refractivity contribution in [3.05, 3.63) is 59.2 Å². The number of rotatable bonds is 9. The van der Waals surface area contributed by atoms with Crippen molar-refractivity contribution in [3.8, 4) is 11.5 Å². The van der Waals surface area contributed by atoms with Crippen molar-refractivity contribution in [1.82, 2.24) is 10.2 Å². The fourth-order valence-corrected chi connectivity index (χ4v) is 2.78. The van der Waals surface area contributed by atoms with E-state index >= 15 is 0 Å². The molecule has 0 bridgehead atoms.